The standard InChI is InChI=1S/C14H20FN3O2/c1-9(19)17-10-5-6-11(15)12(7-10)18-13(20)8-16-14(2,3)4/h5-7,16H,8H2,1-4H3,(H,17,19)(H,18,20). The van der Waals surface area contributed by atoms with Crippen molar-refractivity contribution < 1.29 is 14.0 Å². The molecule has 5 nitrogen and oxygen atoms in total. The molecule has 1 aromatic rings. The molecular weight excluding hydrogens is 261 g/mol. The van der Waals surface area contributed by atoms with Crippen LogP contribution in [0.25, 0.3) is 0 Å². The molecule has 0 bridgehead atoms. The summed E-state index contributed by atoms with van der Waals surface area (Å²) >= 11 is 0. The van der Waals surface area contributed by atoms with Gasteiger partial charge in [0.15, 0.2) is 0 Å². The third kappa shape index (κ3) is 5.79. The summed E-state index contributed by atoms with van der Waals surface area (Å²) in [6, 6.07) is 4.00. The third-order valence-electron chi connectivity index (χ3n) is 2.34. The van der Waals surface area contributed by atoms with Gasteiger partial charge in [-0.15, -0.1) is 0 Å². The van der Waals surface area contributed by atoms with Crippen LogP contribution in [0.3, 0.4) is 0 Å². The number of nitrogens with one attached hydrogen (secondary N) is 3. The van der Waals surface area contributed by atoms with Crippen molar-refractivity contribution in [3.8, 4) is 0 Å². The van der Waals surface area contributed by atoms with Gasteiger partial charge in [0.05, 0.1) is 12.2 Å². The van der Waals surface area contributed by atoms with Crippen molar-refractivity contribution in [2.75, 3.05) is 17.2 Å². The summed E-state index contributed by atoms with van der Waals surface area (Å²) < 4.78 is 13.6. The average Bonchev–Trinajstić information content (AvgIpc) is 2.29. The monoisotopic (exact) mass is 281 g/mol. The highest BCUT2D eigenvalue weighted by Gasteiger charge is 2.13. The fourth-order valence-electron chi connectivity index (χ4n) is 1.44. The summed E-state index contributed by atoms with van der Waals surface area (Å²) in [6.45, 7) is 7.22. The minimum atomic E-state index is -0.553. The third-order valence-corrected chi connectivity index (χ3v) is 2.34. The Morgan fingerprint density at radius 1 is 1.20 bits per heavy atom. The first-order chi connectivity index (χ1) is 9.17. The van der Waals surface area contributed by atoms with Gasteiger partial charge in [-0.3, -0.25) is 9.59 Å². The van der Waals surface area contributed by atoms with Crippen molar-refractivity contribution in [2.24, 2.45) is 0 Å². The van der Waals surface area contributed by atoms with Crippen LogP contribution in [0, 0.1) is 5.82 Å². The molecule has 0 aliphatic rings. The van der Waals surface area contributed by atoms with Crippen molar-refractivity contribution in [1.29, 1.82) is 0 Å². The molecule has 3 N–H and O–H groups in total. The highest BCUT2D eigenvalue weighted by atomic mass is 19.1. The van der Waals surface area contributed by atoms with Crippen LogP contribution in [0.1, 0.15) is 27.7 Å². The van der Waals surface area contributed by atoms with Crippen LogP contribution in [0.2, 0.25) is 0 Å². The average molecular weight is 281 g/mol. The van der Waals surface area contributed by atoms with E-state index < -0.39 is 5.82 Å². The van der Waals surface area contributed by atoms with E-state index in [9.17, 15) is 14.0 Å². The summed E-state index contributed by atoms with van der Waals surface area (Å²) in [7, 11) is 0. The molecule has 110 valence electrons. The van der Waals surface area contributed by atoms with Gasteiger partial charge in [0.25, 0.3) is 0 Å². The topological polar surface area (TPSA) is 70.2 Å². The van der Waals surface area contributed by atoms with E-state index in [1.165, 1.54) is 25.1 Å². The van der Waals surface area contributed by atoms with E-state index in [1.54, 1.807) is 0 Å². The van der Waals surface area contributed by atoms with Crippen molar-refractivity contribution >= 4 is 23.2 Å². The summed E-state index contributed by atoms with van der Waals surface area (Å²) in [5.74, 6) is -1.16. The molecule has 0 aliphatic carbocycles. The molecule has 1 aromatic carbocycles. The smallest absolute Gasteiger partial charge is 0.238 e. The number of rotatable bonds is 4. The quantitative estimate of drug-likeness (QED) is 0.791. The zero-order valence-electron chi connectivity index (χ0n) is 12.1. The lowest BCUT2D eigenvalue weighted by molar-refractivity contribution is -0.116. The molecule has 6 heteroatoms. The maximum Gasteiger partial charge on any atom is 0.238 e. The molecule has 1 rings (SSSR count). The summed E-state index contributed by atoms with van der Waals surface area (Å²) in [6.07, 6.45) is 0. The Bertz CT molecular complexity index is 510. The predicted octanol–water partition coefficient (Wildman–Crippen LogP) is 2.11. The van der Waals surface area contributed by atoms with Crippen LogP contribution in [-0.4, -0.2) is 23.9 Å². The van der Waals surface area contributed by atoms with Crippen LogP contribution >= 0.6 is 0 Å². The van der Waals surface area contributed by atoms with Crippen LogP contribution in [0.5, 0.6) is 0 Å². The van der Waals surface area contributed by atoms with Gasteiger partial charge in [0, 0.05) is 18.2 Å². The highest BCUT2D eigenvalue weighted by molar-refractivity contribution is 5.94. The Balaban J connectivity index is 2.71. The van der Waals surface area contributed by atoms with Gasteiger partial charge < -0.3 is 16.0 Å². The second-order valence-corrected chi connectivity index (χ2v) is 5.53. The van der Waals surface area contributed by atoms with Crippen LogP contribution in [0.4, 0.5) is 15.8 Å². The molecular formula is C14H20FN3O2. The number of anilines is 2. The van der Waals surface area contributed by atoms with E-state index in [1.807, 2.05) is 20.8 Å². The Kier molecular flexibility index (Phi) is 5.21. The Hall–Kier alpha value is -1.95. The van der Waals surface area contributed by atoms with E-state index in [-0.39, 0.29) is 29.6 Å². The number of carbonyl (C=O) groups is 2. The van der Waals surface area contributed by atoms with E-state index in [2.05, 4.69) is 16.0 Å². The highest BCUT2D eigenvalue weighted by Crippen LogP contribution is 2.19. The molecule has 0 saturated heterocycles. The predicted molar refractivity (Wildman–Crippen MR) is 77.1 cm³/mol. The number of hydrogen-bond acceptors (Lipinski definition) is 3. The van der Waals surface area contributed by atoms with Crippen molar-refractivity contribution in [2.45, 2.75) is 33.2 Å². The minimum Gasteiger partial charge on any atom is -0.326 e. The van der Waals surface area contributed by atoms with Gasteiger partial charge >= 0.3 is 0 Å². The van der Waals surface area contributed by atoms with E-state index in [4.69, 9.17) is 0 Å². The first-order valence-corrected chi connectivity index (χ1v) is 6.29. The molecule has 0 aliphatic heterocycles. The summed E-state index contributed by atoms with van der Waals surface area (Å²) in [4.78, 5) is 22.7. The van der Waals surface area contributed by atoms with Gasteiger partial charge in [0.1, 0.15) is 5.82 Å². The lowest BCUT2D eigenvalue weighted by Crippen LogP contribution is -2.41. The maximum absolute atomic E-state index is 13.6. The molecule has 0 unspecified atom stereocenters. The first-order valence-electron chi connectivity index (χ1n) is 6.29. The van der Waals surface area contributed by atoms with Crippen LogP contribution < -0.4 is 16.0 Å². The minimum absolute atomic E-state index is 0.0389. The molecule has 20 heavy (non-hydrogen) atoms. The molecule has 0 saturated carbocycles. The maximum atomic E-state index is 13.6. The SMILES string of the molecule is CC(=O)Nc1ccc(F)c(NC(=O)CNC(C)(C)C)c1. The lowest BCUT2D eigenvalue weighted by atomic mass is 10.1. The van der Waals surface area contributed by atoms with E-state index in [0.29, 0.717) is 5.69 Å². The van der Waals surface area contributed by atoms with E-state index in [0.717, 1.165) is 0 Å². The number of hydrogen-bond donors (Lipinski definition) is 3. The Labute approximate surface area is 117 Å². The van der Waals surface area contributed by atoms with Crippen molar-refractivity contribution in [3.63, 3.8) is 0 Å². The Morgan fingerprint density at radius 3 is 2.40 bits per heavy atom. The van der Waals surface area contributed by atoms with Gasteiger partial charge in [-0.2, -0.15) is 0 Å². The van der Waals surface area contributed by atoms with E-state index >= 15 is 0 Å². The molecule has 0 heterocycles. The van der Waals surface area contributed by atoms with Gasteiger partial charge in [0.2, 0.25) is 11.8 Å². The second kappa shape index (κ2) is 6.47. The first kappa shape index (κ1) is 16.1. The zero-order valence-corrected chi connectivity index (χ0v) is 12.1. The van der Waals surface area contributed by atoms with Crippen molar-refractivity contribution in [3.05, 3.63) is 24.0 Å². The van der Waals surface area contributed by atoms with Crippen LogP contribution in [-0.2, 0) is 9.59 Å². The molecule has 0 fully saturated rings. The molecule has 0 atom stereocenters. The molecule has 2 amide bonds. The zero-order chi connectivity index (χ0) is 15.3. The number of carbonyl (C=O) groups excluding carboxylic acids is 2. The lowest BCUT2D eigenvalue weighted by Gasteiger charge is -2.20. The number of amides is 2. The second-order valence-electron chi connectivity index (χ2n) is 5.53. The fourth-order valence-corrected chi connectivity index (χ4v) is 1.44. The molecule has 0 aromatic heterocycles. The molecule has 0 radical (unpaired) electrons. The fraction of sp³-hybridized carbons (Fsp3) is 0.429. The number of benzene rings is 1. The summed E-state index contributed by atoms with van der Waals surface area (Å²) in [5.41, 5.74) is 0.267. The normalized spacial score (nSPS) is 11.1. The van der Waals surface area contributed by atoms with Gasteiger partial charge in [-0.1, -0.05) is 0 Å². The molecule has 0 spiro atoms. The van der Waals surface area contributed by atoms with Crippen molar-refractivity contribution in [1.82, 2.24) is 5.32 Å². The van der Waals surface area contributed by atoms with Gasteiger partial charge in [-0.25, -0.2) is 4.39 Å². The van der Waals surface area contributed by atoms with Gasteiger partial charge in [-0.05, 0) is 39.0 Å². The largest absolute Gasteiger partial charge is 0.326 e. The van der Waals surface area contributed by atoms with Crippen LogP contribution in [0.15, 0.2) is 18.2 Å². The Morgan fingerprint density at radius 2 is 1.85 bits per heavy atom. The summed E-state index contributed by atoms with van der Waals surface area (Å²) in [5, 5.41) is 8.00. The number of halogens is 1.